The third-order valence-electron chi connectivity index (χ3n) is 5.27. The van der Waals surface area contributed by atoms with E-state index in [0.717, 1.165) is 63.8 Å². The highest BCUT2D eigenvalue weighted by Gasteiger charge is 2.19. The molecule has 0 fully saturated rings. The summed E-state index contributed by atoms with van der Waals surface area (Å²) in [5.74, 6) is 0.700. The van der Waals surface area contributed by atoms with E-state index >= 15 is 0 Å². The quantitative estimate of drug-likeness (QED) is 0.326. The van der Waals surface area contributed by atoms with Gasteiger partial charge in [0.15, 0.2) is 0 Å². The molecular formula is C26H31NO3. The zero-order chi connectivity index (χ0) is 21.5. The predicted molar refractivity (Wildman–Crippen MR) is 124 cm³/mol. The number of allylic oxidation sites excluding steroid dienone is 1. The predicted octanol–water partition coefficient (Wildman–Crippen LogP) is 6.52. The van der Waals surface area contributed by atoms with Crippen LogP contribution in [0.15, 0.2) is 53.2 Å². The Morgan fingerprint density at radius 3 is 2.63 bits per heavy atom. The second kappa shape index (κ2) is 10.1. The lowest BCUT2D eigenvalue weighted by atomic mass is 9.96. The summed E-state index contributed by atoms with van der Waals surface area (Å²) < 4.78 is 11.9. The highest BCUT2D eigenvalue weighted by atomic mass is 16.5. The van der Waals surface area contributed by atoms with Crippen molar-refractivity contribution in [1.29, 1.82) is 0 Å². The van der Waals surface area contributed by atoms with E-state index in [-0.39, 0.29) is 5.91 Å². The van der Waals surface area contributed by atoms with Crippen molar-refractivity contribution in [2.45, 2.75) is 47.0 Å². The van der Waals surface area contributed by atoms with Crippen molar-refractivity contribution in [2.24, 2.45) is 0 Å². The maximum absolute atomic E-state index is 12.4. The molecule has 158 valence electrons. The Bertz CT molecular complexity index is 1030. The Morgan fingerprint density at radius 1 is 1.17 bits per heavy atom. The zero-order valence-corrected chi connectivity index (χ0v) is 18.4. The van der Waals surface area contributed by atoms with Gasteiger partial charge in [-0.25, -0.2) is 0 Å². The number of aryl methyl sites for hydroxylation is 1. The fourth-order valence-corrected chi connectivity index (χ4v) is 3.69. The first-order chi connectivity index (χ1) is 14.6. The molecule has 0 spiro atoms. The fraction of sp³-hybridized carbons (Fsp3) is 0.346. The fourth-order valence-electron chi connectivity index (χ4n) is 3.69. The maximum Gasteiger partial charge on any atom is 0.244 e. The largest absolute Gasteiger partial charge is 0.493 e. The van der Waals surface area contributed by atoms with Gasteiger partial charge in [-0.05, 0) is 44.4 Å². The molecule has 0 atom stereocenters. The van der Waals surface area contributed by atoms with Crippen molar-refractivity contribution < 1.29 is 13.9 Å². The van der Waals surface area contributed by atoms with Gasteiger partial charge in [0.05, 0.1) is 12.9 Å². The summed E-state index contributed by atoms with van der Waals surface area (Å²) in [6.45, 7) is 9.32. The Morgan fingerprint density at radius 2 is 1.93 bits per heavy atom. The molecule has 0 aliphatic rings. The standard InChI is InChI=1S/C26H31NO3/c1-5-7-11-14-27-24(28)15-18(3)21-16-22-23(20-12-9-8-10-13-20)17-30-26(22)19(4)25(21)29-6-2/h8-10,12-13,15-17H,5-7,11,14H2,1-4H3,(H,27,28)/b18-15+. The first kappa shape index (κ1) is 21.7. The summed E-state index contributed by atoms with van der Waals surface area (Å²) in [5, 5.41) is 4.00. The summed E-state index contributed by atoms with van der Waals surface area (Å²) in [6, 6.07) is 12.3. The summed E-state index contributed by atoms with van der Waals surface area (Å²) in [7, 11) is 0. The van der Waals surface area contributed by atoms with E-state index in [1.54, 1.807) is 12.3 Å². The minimum Gasteiger partial charge on any atom is -0.493 e. The Hall–Kier alpha value is -3.01. The molecule has 4 heteroatoms. The maximum atomic E-state index is 12.4. The minimum atomic E-state index is -0.0701. The molecule has 0 aliphatic carbocycles. The molecule has 3 rings (SSSR count). The van der Waals surface area contributed by atoms with Crippen LogP contribution in [0.4, 0.5) is 0 Å². The summed E-state index contributed by atoms with van der Waals surface area (Å²) in [5.41, 5.74) is 5.69. The van der Waals surface area contributed by atoms with Crippen molar-refractivity contribution in [3.63, 3.8) is 0 Å². The van der Waals surface area contributed by atoms with Gasteiger partial charge in [-0.1, -0.05) is 50.1 Å². The van der Waals surface area contributed by atoms with Gasteiger partial charge in [-0.2, -0.15) is 0 Å². The van der Waals surface area contributed by atoms with Gasteiger partial charge in [0.25, 0.3) is 0 Å². The highest BCUT2D eigenvalue weighted by Crippen LogP contribution is 2.40. The van der Waals surface area contributed by atoms with Crippen LogP contribution in [0.1, 0.15) is 51.2 Å². The molecule has 0 aliphatic heterocycles. The molecule has 0 unspecified atom stereocenters. The van der Waals surface area contributed by atoms with Gasteiger partial charge in [-0.3, -0.25) is 4.79 Å². The van der Waals surface area contributed by atoms with E-state index in [1.165, 1.54) is 0 Å². The van der Waals surface area contributed by atoms with Crippen LogP contribution in [-0.4, -0.2) is 19.1 Å². The molecule has 1 amide bonds. The minimum absolute atomic E-state index is 0.0701. The molecule has 0 bridgehead atoms. The summed E-state index contributed by atoms with van der Waals surface area (Å²) in [6.07, 6.45) is 6.72. The molecule has 3 aromatic rings. The smallest absolute Gasteiger partial charge is 0.244 e. The number of furan rings is 1. The number of ether oxygens (including phenoxy) is 1. The SMILES string of the molecule is CCCCCNC(=O)/C=C(\C)c1cc2c(-c3ccccc3)coc2c(C)c1OCC. The van der Waals surface area contributed by atoms with Crippen LogP contribution in [0.5, 0.6) is 5.75 Å². The molecule has 0 saturated carbocycles. The topological polar surface area (TPSA) is 51.5 Å². The summed E-state index contributed by atoms with van der Waals surface area (Å²) in [4.78, 5) is 12.4. The number of nitrogens with one attached hydrogen (secondary N) is 1. The zero-order valence-electron chi connectivity index (χ0n) is 18.4. The van der Waals surface area contributed by atoms with E-state index in [9.17, 15) is 4.79 Å². The van der Waals surface area contributed by atoms with Crippen molar-refractivity contribution in [3.05, 3.63) is 59.9 Å². The summed E-state index contributed by atoms with van der Waals surface area (Å²) >= 11 is 0. The number of fused-ring (bicyclic) bond motifs is 1. The van der Waals surface area contributed by atoms with Crippen LogP contribution < -0.4 is 10.1 Å². The number of amides is 1. The van der Waals surface area contributed by atoms with Gasteiger partial charge in [0, 0.05) is 34.7 Å². The van der Waals surface area contributed by atoms with Crippen LogP contribution in [0, 0.1) is 6.92 Å². The van der Waals surface area contributed by atoms with E-state index in [1.807, 2.05) is 39.0 Å². The van der Waals surface area contributed by atoms with E-state index in [2.05, 4.69) is 30.4 Å². The number of rotatable bonds is 9. The average molecular weight is 406 g/mol. The van der Waals surface area contributed by atoms with Crippen molar-refractivity contribution in [2.75, 3.05) is 13.2 Å². The Kier molecular flexibility index (Phi) is 7.34. The van der Waals surface area contributed by atoms with E-state index < -0.39 is 0 Å². The third kappa shape index (κ3) is 4.76. The van der Waals surface area contributed by atoms with Crippen LogP contribution >= 0.6 is 0 Å². The van der Waals surface area contributed by atoms with Gasteiger partial charge >= 0.3 is 0 Å². The van der Waals surface area contributed by atoms with Crippen molar-refractivity contribution >= 4 is 22.4 Å². The molecule has 1 heterocycles. The third-order valence-corrected chi connectivity index (χ3v) is 5.27. The van der Waals surface area contributed by atoms with E-state index in [0.29, 0.717) is 13.2 Å². The van der Waals surface area contributed by atoms with Crippen LogP contribution in [0.2, 0.25) is 0 Å². The van der Waals surface area contributed by atoms with E-state index in [4.69, 9.17) is 9.15 Å². The highest BCUT2D eigenvalue weighted by molar-refractivity contribution is 6.01. The first-order valence-electron chi connectivity index (χ1n) is 10.8. The lowest BCUT2D eigenvalue weighted by Gasteiger charge is -2.15. The Labute approximate surface area is 178 Å². The van der Waals surface area contributed by atoms with Gasteiger partial charge < -0.3 is 14.5 Å². The normalized spacial score (nSPS) is 11.7. The van der Waals surface area contributed by atoms with Crippen molar-refractivity contribution in [1.82, 2.24) is 5.32 Å². The van der Waals surface area contributed by atoms with Crippen LogP contribution in [-0.2, 0) is 4.79 Å². The number of benzene rings is 2. The number of hydrogen-bond donors (Lipinski definition) is 1. The number of unbranched alkanes of at least 4 members (excludes halogenated alkanes) is 2. The number of carbonyl (C=O) groups is 1. The average Bonchev–Trinajstić information content (AvgIpc) is 3.18. The van der Waals surface area contributed by atoms with Crippen molar-refractivity contribution in [3.8, 4) is 16.9 Å². The number of carbonyl (C=O) groups excluding carboxylic acids is 1. The molecule has 1 aromatic heterocycles. The lowest BCUT2D eigenvalue weighted by molar-refractivity contribution is -0.116. The first-order valence-corrected chi connectivity index (χ1v) is 10.8. The second-order valence-electron chi connectivity index (χ2n) is 7.53. The molecule has 0 radical (unpaired) electrons. The lowest BCUT2D eigenvalue weighted by Crippen LogP contribution is -2.22. The van der Waals surface area contributed by atoms with Crippen LogP contribution in [0.3, 0.4) is 0 Å². The second-order valence-corrected chi connectivity index (χ2v) is 7.53. The van der Waals surface area contributed by atoms with Gasteiger partial charge in [0.2, 0.25) is 5.91 Å². The number of hydrogen-bond acceptors (Lipinski definition) is 3. The molecule has 2 aromatic carbocycles. The van der Waals surface area contributed by atoms with Gasteiger partial charge in [-0.15, -0.1) is 0 Å². The molecule has 1 N–H and O–H groups in total. The molecule has 0 saturated heterocycles. The monoisotopic (exact) mass is 405 g/mol. The molecular weight excluding hydrogens is 374 g/mol. The van der Waals surface area contributed by atoms with Gasteiger partial charge in [0.1, 0.15) is 11.3 Å². The van der Waals surface area contributed by atoms with Crippen LogP contribution in [0.25, 0.3) is 27.7 Å². The molecule has 4 nitrogen and oxygen atoms in total. The molecule has 30 heavy (non-hydrogen) atoms. The Balaban J connectivity index is 2.02.